The van der Waals surface area contributed by atoms with E-state index in [1.54, 1.807) is 35.6 Å². The summed E-state index contributed by atoms with van der Waals surface area (Å²) in [7, 11) is 0. The van der Waals surface area contributed by atoms with Crippen LogP contribution in [0.15, 0.2) is 29.6 Å². The molecule has 0 saturated carbocycles. The van der Waals surface area contributed by atoms with Crippen LogP contribution < -0.4 is 5.32 Å². The largest absolute Gasteiger partial charge is 0.356 e. The van der Waals surface area contributed by atoms with Gasteiger partial charge in [0.2, 0.25) is 5.91 Å². The first kappa shape index (κ1) is 18.9. The molecule has 1 fully saturated rings. The highest BCUT2D eigenvalue weighted by Crippen LogP contribution is 2.31. The third-order valence-corrected chi connectivity index (χ3v) is 5.86. The minimum Gasteiger partial charge on any atom is -0.356 e. The second-order valence-electron chi connectivity index (χ2n) is 6.48. The Bertz CT molecular complexity index is 767. The van der Waals surface area contributed by atoms with Gasteiger partial charge in [0.25, 0.3) is 5.91 Å². The molecule has 0 radical (unpaired) electrons. The number of likely N-dealkylation sites (tertiary alicyclic amines) is 1. The van der Waals surface area contributed by atoms with Gasteiger partial charge in [-0.05, 0) is 37.1 Å². The van der Waals surface area contributed by atoms with Crippen LogP contribution >= 0.6 is 22.9 Å². The van der Waals surface area contributed by atoms with Crippen molar-refractivity contribution in [1.29, 1.82) is 0 Å². The Labute approximate surface area is 162 Å². The van der Waals surface area contributed by atoms with Gasteiger partial charge in [0.1, 0.15) is 0 Å². The van der Waals surface area contributed by atoms with Crippen LogP contribution in [0.2, 0.25) is 5.02 Å². The maximum atomic E-state index is 12.6. The zero-order valence-corrected chi connectivity index (χ0v) is 16.3. The number of hydrogen-bond acceptors (Lipinski definition) is 4. The Hall–Kier alpha value is -1.92. The van der Waals surface area contributed by atoms with Crippen molar-refractivity contribution in [2.45, 2.75) is 32.1 Å². The van der Waals surface area contributed by atoms with Gasteiger partial charge in [-0.25, -0.2) is 4.98 Å². The van der Waals surface area contributed by atoms with E-state index in [9.17, 15) is 9.59 Å². The van der Waals surface area contributed by atoms with Crippen molar-refractivity contribution in [3.8, 4) is 0 Å². The Balaban J connectivity index is 1.52. The number of benzene rings is 1. The molecule has 5 nitrogen and oxygen atoms in total. The maximum absolute atomic E-state index is 12.6. The first-order chi connectivity index (χ1) is 12.5. The summed E-state index contributed by atoms with van der Waals surface area (Å²) in [6.07, 6.45) is 2.61. The average Bonchev–Trinajstić information content (AvgIpc) is 3.10. The molecular weight excluding hydrogens is 370 g/mol. The molecule has 0 aliphatic carbocycles. The summed E-state index contributed by atoms with van der Waals surface area (Å²) in [5, 5.41) is 6.64. The lowest BCUT2D eigenvalue weighted by Crippen LogP contribution is -2.37. The van der Waals surface area contributed by atoms with E-state index < -0.39 is 0 Å². The highest BCUT2D eigenvalue weighted by atomic mass is 35.5. The van der Waals surface area contributed by atoms with E-state index in [1.165, 1.54) is 6.92 Å². The summed E-state index contributed by atoms with van der Waals surface area (Å²) in [5.74, 6) is 0.456. The molecule has 138 valence electrons. The smallest absolute Gasteiger partial charge is 0.253 e. The molecule has 7 heteroatoms. The summed E-state index contributed by atoms with van der Waals surface area (Å²) in [4.78, 5) is 30.1. The second-order valence-corrected chi connectivity index (χ2v) is 7.81. The predicted octanol–water partition coefficient (Wildman–Crippen LogP) is 3.49. The van der Waals surface area contributed by atoms with Crippen LogP contribution in [0.25, 0.3) is 0 Å². The number of piperidine rings is 1. The Kier molecular flexibility index (Phi) is 6.27. The lowest BCUT2D eigenvalue weighted by Gasteiger charge is -2.31. The van der Waals surface area contributed by atoms with Crippen LogP contribution in [-0.2, 0) is 11.2 Å². The Morgan fingerprint density at radius 2 is 1.96 bits per heavy atom. The van der Waals surface area contributed by atoms with Gasteiger partial charge in [-0.3, -0.25) is 9.59 Å². The lowest BCUT2D eigenvalue weighted by molar-refractivity contribution is -0.118. The van der Waals surface area contributed by atoms with E-state index in [2.05, 4.69) is 10.7 Å². The molecule has 1 aromatic carbocycles. The number of carbonyl (C=O) groups excluding carboxylic acids is 2. The molecule has 3 rings (SSSR count). The number of nitrogens with zero attached hydrogens (tertiary/aromatic N) is 2. The average molecular weight is 392 g/mol. The van der Waals surface area contributed by atoms with Crippen molar-refractivity contribution in [2.24, 2.45) is 0 Å². The van der Waals surface area contributed by atoms with Crippen LogP contribution in [0.1, 0.15) is 46.7 Å². The van der Waals surface area contributed by atoms with Gasteiger partial charge in [-0.2, -0.15) is 0 Å². The highest BCUT2D eigenvalue weighted by Gasteiger charge is 2.26. The minimum absolute atomic E-state index is 0.0156. The van der Waals surface area contributed by atoms with Crippen LogP contribution in [-0.4, -0.2) is 41.3 Å². The number of hydrogen-bond donors (Lipinski definition) is 1. The lowest BCUT2D eigenvalue weighted by atomic mass is 9.97. The number of thiazole rings is 1. The molecular formula is C19H22ClN3O2S. The van der Waals surface area contributed by atoms with E-state index in [1.807, 2.05) is 4.90 Å². The molecule has 0 spiro atoms. The van der Waals surface area contributed by atoms with Crippen molar-refractivity contribution < 1.29 is 9.59 Å². The normalized spacial score (nSPS) is 15.1. The number of halogens is 1. The van der Waals surface area contributed by atoms with Crippen molar-refractivity contribution in [3.05, 3.63) is 50.9 Å². The molecule has 2 aromatic rings. The number of carbonyl (C=O) groups is 2. The van der Waals surface area contributed by atoms with Crippen molar-refractivity contribution >= 4 is 34.8 Å². The molecule has 0 atom stereocenters. The second kappa shape index (κ2) is 8.64. The van der Waals surface area contributed by atoms with E-state index in [4.69, 9.17) is 16.6 Å². The summed E-state index contributed by atoms with van der Waals surface area (Å²) in [6, 6.07) is 7.05. The first-order valence-electron chi connectivity index (χ1n) is 8.76. The van der Waals surface area contributed by atoms with Crippen LogP contribution in [0.3, 0.4) is 0 Å². The molecule has 1 aromatic heterocycles. The third kappa shape index (κ3) is 4.83. The van der Waals surface area contributed by atoms with E-state index in [0.29, 0.717) is 23.0 Å². The summed E-state index contributed by atoms with van der Waals surface area (Å²) in [6.45, 7) is 3.62. The number of aromatic nitrogens is 1. The summed E-state index contributed by atoms with van der Waals surface area (Å²) >= 11 is 7.57. The van der Waals surface area contributed by atoms with E-state index in [-0.39, 0.29) is 11.8 Å². The fraction of sp³-hybridized carbons (Fsp3) is 0.421. The Morgan fingerprint density at radius 3 is 2.62 bits per heavy atom. The van der Waals surface area contributed by atoms with Crippen LogP contribution in [0.5, 0.6) is 0 Å². The SMILES string of the molecule is CC(=O)NCCc1csc(C2CCN(C(=O)c3ccc(Cl)cc3)CC2)n1. The van der Waals surface area contributed by atoms with Gasteiger partial charge in [-0.15, -0.1) is 11.3 Å². The van der Waals surface area contributed by atoms with Crippen LogP contribution in [0, 0.1) is 0 Å². The third-order valence-electron chi connectivity index (χ3n) is 4.55. The zero-order valence-electron chi connectivity index (χ0n) is 14.7. The van der Waals surface area contributed by atoms with Gasteiger partial charge in [-0.1, -0.05) is 11.6 Å². The quantitative estimate of drug-likeness (QED) is 0.848. The van der Waals surface area contributed by atoms with Crippen molar-refractivity contribution in [3.63, 3.8) is 0 Å². The minimum atomic E-state index is -0.0156. The van der Waals surface area contributed by atoms with Gasteiger partial charge in [0.15, 0.2) is 0 Å². The van der Waals surface area contributed by atoms with E-state index >= 15 is 0 Å². The molecule has 0 unspecified atom stereocenters. The molecule has 1 aliphatic rings. The fourth-order valence-corrected chi connectivity index (χ4v) is 4.25. The van der Waals surface area contributed by atoms with Crippen molar-refractivity contribution in [1.82, 2.24) is 15.2 Å². The summed E-state index contributed by atoms with van der Waals surface area (Å²) < 4.78 is 0. The standard InChI is InChI=1S/C19H22ClN3O2S/c1-13(24)21-9-6-17-12-26-18(22-17)14-7-10-23(11-8-14)19(25)15-2-4-16(20)5-3-15/h2-5,12,14H,6-11H2,1H3,(H,21,24). The number of amides is 2. The molecule has 2 heterocycles. The van der Waals surface area contributed by atoms with Crippen LogP contribution in [0.4, 0.5) is 0 Å². The fourth-order valence-electron chi connectivity index (χ4n) is 3.10. The van der Waals surface area contributed by atoms with Crippen molar-refractivity contribution in [2.75, 3.05) is 19.6 Å². The van der Waals surface area contributed by atoms with Gasteiger partial charge in [0.05, 0.1) is 10.7 Å². The topological polar surface area (TPSA) is 62.3 Å². The van der Waals surface area contributed by atoms with Gasteiger partial charge < -0.3 is 10.2 Å². The number of nitrogens with one attached hydrogen (secondary N) is 1. The maximum Gasteiger partial charge on any atom is 0.253 e. The molecule has 2 amide bonds. The number of rotatable bonds is 5. The zero-order chi connectivity index (χ0) is 18.5. The highest BCUT2D eigenvalue weighted by molar-refractivity contribution is 7.09. The Morgan fingerprint density at radius 1 is 1.27 bits per heavy atom. The van der Waals surface area contributed by atoms with E-state index in [0.717, 1.165) is 43.1 Å². The van der Waals surface area contributed by atoms with Gasteiger partial charge in [0, 0.05) is 54.9 Å². The predicted molar refractivity (Wildman–Crippen MR) is 104 cm³/mol. The molecule has 26 heavy (non-hydrogen) atoms. The molecule has 0 bridgehead atoms. The first-order valence-corrected chi connectivity index (χ1v) is 10.0. The molecule has 1 saturated heterocycles. The monoisotopic (exact) mass is 391 g/mol. The molecule has 1 aliphatic heterocycles. The molecule has 1 N–H and O–H groups in total. The van der Waals surface area contributed by atoms with Gasteiger partial charge >= 0.3 is 0 Å². The summed E-state index contributed by atoms with van der Waals surface area (Å²) in [5.41, 5.74) is 1.71.